The number of methoxy groups -OCH3 is 2. The lowest BCUT2D eigenvalue weighted by Crippen LogP contribution is -1.98. The highest BCUT2D eigenvalue weighted by Gasteiger charge is 2.12. The van der Waals surface area contributed by atoms with Crippen LogP contribution in [0.2, 0.25) is 0 Å². The number of ether oxygens (including phenoxy) is 2. The maximum absolute atomic E-state index is 10.9. The highest BCUT2D eigenvalue weighted by molar-refractivity contribution is 5.80. The van der Waals surface area contributed by atoms with E-state index in [1.807, 2.05) is 24.3 Å². The maximum atomic E-state index is 10.9. The number of hydrogen-bond donors (Lipinski definition) is 1. The molecule has 2 rings (SSSR count). The largest absolute Gasteiger partial charge is 0.507 e. The number of hydrogen-bond acceptors (Lipinski definition) is 4. The Balaban J connectivity index is 2.44. The van der Waals surface area contributed by atoms with Gasteiger partial charge in [-0.05, 0) is 23.3 Å². The smallest absolute Gasteiger partial charge is 0.153 e. The van der Waals surface area contributed by atoms with Crippen molar-refractivity contribution in [3.8, 4) is 17.2 Å². The molecule has 1 N–H and O–H groups in total. The fourth-order valence-corrected chi connectivity index (χ4v) is 2.11. The Morgan fingerprint density at radius 2 is 1.75 bits per heavy atom. The molecule has 0 aromatic heterocycles. The molecule has 0 bridgehead atoms. The predicted octanol–water partition coefficient (Wildman–Crippen LogP) is 2.81. The van der Waals surface area contributed by atoms with Crippen LogP contribution in [0.4, 0.5) is 0 Å². The number of aromatic hydroxyl groups is 1. The Morgan fingerprint density at radius 3 is 2.40 bits per heavy atom. The van der Waals surface area contributed by atoms with E-state index in [1.165, 1.54) is 13.2 Å². The summed E-state index contributed by atoms with van der Waals surface area (Å²) >= 11 is 0. The van der Waals surface area contributed by atoms with Gasteiger partial charge in [-0.15, -0.1) is 0 Å². The van der Waals surface area contributed by atoms with Crippen LogP contribution < -0.4 is 9.47 Å². The zero-order chi connectivity index (χ0) is 14.5. The Labute approximate surface area is 117 Å². The molecule has 0 unspecified atom stereocenters. The molecule has 2 aromatic rings. The zero-order valence-corrected chi connectivity index (χ0v) is 11.4. The number of benzene rings is 2. The first kappa shape index (κ1) is 13.9. The normalized spacial score (nSPS) is 10.1. The number of phenols is 1. The third kappa shape index (κ3) is 2.74. The van der Waals surface area contributed by atoms with Crippen molar-refractivity contribution in [1.29, 1.82) is 0 Å². The third-order valence-electron chi connectivity index (χ3n) is 3.13. The van der Waals surface area contributed by atoms with Crippen LogP contribution in [0.25, 0.3) is 0 Å². The minimum absolute atomic E-state index is 0.0828. The van der Waals surface area contributed by atoms with Crippen LogP contribution in [0, 0.1) is 0 Å². The number of carbonyl (C=O) groups is 1. The average Bonchev–Trinajstić information content (AvgIpc) is 2.49. The van der Waals surface area contributed by atoms with E-state index in [4.69, 9.17) is 9.47 Å². The first-order valence-electron chi connectivity index (χ1n) is 6.16. The molecule has 0 fully saturated rings. The molecule has 0 radical (unpaired) electrons. The highest BCUT2D eigenvalue weighted by atomic mass is 16.5. The fourth-order valence-electron chi connectivity index (χ4n) is 2.11. The van der Waals surface area contributed by atoms with Gasteiger partial charge in [-0.3, -0.25) is 4.79 Å². The van der Waals surface area contributed by atoms with Crippen LogP contribution in [-0.4, -0.2) is 25.6 Å². The van der Waals surface area contributed by atoms with Crippen molar-refractivity contribution >= 4 is 6.29 Å². The minimum atomic E-state index is -0.0828. The standard InChI is InChI=1S/C16H16O4/c1-19-15-6-4-3-5-11(15)7-12-8-13(10-17)14(18)9-16(12)20-2/h3-6,8-10,18H,7H2,1-2H3. The van der Waals surface area contributed by atoms with Crippen LogP contribution in [0.3, 0.4) is 0 Å². The lowest BCUT2D eigenvalue weighted by molar-refractivity contribution is 0.112. The molecule has 0 heterocycles. The van der Waals surface area contributed by atoms with E-state index in [9.17, 15) is 9.90 Å². The second kappa shape index (κ2) is 6.10. The molecule has 0 aliphatic carbocycles. The van der Waals surface area contributed by atoms with Crippen LogP contribution in [0.1, 0.15) is 21.5 Å². The first-order valence-corrected chi connectivity index (χ1v) is 6.16. The van der Waals surface area contributed by atoms with Crippen molar-refractivity contribution in [1.82, 2.24) is 0 Å². The molecule has 0 amide bonds. The summed E-state index contributed by atoms with van der Waals surface area (Å²) in [5, 5.41) is 9.68. The topological polar surface area (TPSA) is 55.8 Å². The summed E-state index contributed by atoms with van der Waals surface area (Å²) in [6, 6.07) is 10.7. The molecule has 4 heteroatoms. The lowest BCUT2D eigenvalue weighted by Gasteiger charge is -2.12. The summed E-state index contributed by atoms with van der Waals surface area (Å²) in [5.41, 5.74) is 2.04. The van der Waals surface area contributed by atoms with E-state index in [0.717, 1.165) is 16.9 Å². The van der Waals surface area contributed by atoms with Crippen molar-refractivity contribution in [2.24, 2.45) is 0 Å². The van der Waals surface area contributed by atoms with Gasteiger partial charge in [0, 0.05) is 12.5 Å². The summed E-state index contributed by atoms with van der Waals surface area (Å²) in [7, 11) is 3.14. The summed E-state index contributed by atoms with van der Waals surface area (Å²) < 4.78 is 10.6. The van der Waals surface area contributed by atoms with E-state index in [0.29, 0.717) is 18.5 Å². The van der Waals surface area contributed by atoms with Crippen molar-refractivity contribution in [3.05, 3.63) is 53.1 Å². The number of rotatable bonds is 5. The summed E-state index contributed by atoms with van der Waals surface area (Å²) in [6.07, 6.45) is 1.18. The second-order valence-corrected chi connectivity index (χ2v) is 4.33. The monoisotopic (exact) mass is 272 g/mol. The van der Waals surface area contributed by atoms with Crippen molar-refractivity contribution < 1.29 is 19.4 Å². The number of carbonyl (C=O) groups excluding carboxylic acids is 1. The van der Waals surface area contributed by atoms with Gasteiger partial charge in [0.05, 0.1) is 19.8 Å². The number of aldehydes is 1. The average molecular weight is 272 g/mol. The molecular weight excluding hydrogens is 256 g/mol. The number of para-hydroxylation sites is 1. The number of phenolic OH excluding ortho intramolecular Hbond substituents is 1. The summed E-state index contributed by atoms with van der Waals surface area (Å²) in [5.74, 6) is 1.23. The molecule has 20 heavy (non-hydrogen) atoms. The Kier molecular flexibility index (Phi) is 4.25. The van der Waals surface area contributed by atoms with Crippen molar-refractivity contribution in [3.63, 3.8) is 0 Å². The molecule has 0 saturated carbocycles. The van der Waals surface area contributed by atoms with Gasteiger partial charge in [0.1, 0.15) is 17.2 Å². The van der Waals surface area contributed by atoms with Crippen molar-refractivity contribution in [2.45, 2.75) is 6.42 Å². The molecule has 0 spiro atoms. The van der Waals surface area contributed by atoms with Crippen molar-refractivity contribution in [2.75, 3.05) is 14.2 Å². The molecule has 4 nitrogen and oxygen atoms in total. The molecule has 104 valence electrons. The Hall–Kier alpha value is -2.49. The molecule has 2 aromatic carbocycles. The summed E-state index contributed by atoms with van der Waals surface area (Å²) in [4.78, 5) is 10.9. The van der Waals surface area contributed by atoms with Gasteiger partial charge in [-0.2, -0.15) is 0 Å². The molecule has 0 aliphatic rings. The van der Waals surface area contributed by atoms with Gasteiger partial charge in [-0.25, -0.2) is 0 Å². The van der Waals surface area contributed by atoms with E-state index in [2.05, 4.69) is 0 Å². The van der Waals surface area contributed by atoms with Gasteiger partial charge in [0.15, 0.2) is 6.29 Å². The quantitative estimate of drug-likeness (QED) is 0.850. The lowest BCUT2D eigenvalue weighted by atomic mass is 10.0. The van der Waals surface area contributed by atoms with Gasteiger partial charge in [-0.1, -0.05) is 18.2 Å². The minimum Gasteiger partial charge on any atom is -0.507 e. The van der Waals surface area contributed by atoms with Crippen LogP contribution in [-0.2, 0) is 6.42 Å². The summed E-state index contributed by atoms with van der Waals surface area (Å²) in [6.45, 7) is 0. The Bertz CT molecular complexity index is 620. The van der Waals surface area contributed by atoms with E-state index < -0.39 is 0 Å². The molecule has 0 saturated heterocycles. The SMILES string of the molecule is COc1ccccc1Cc1cc(C=O)c(O)cc1OC. The van der Waals surface area contributed by atoms with Crippen LogP contribution >= 0.6 is 0 Å². The van der Waals surface area contributed by atoms with Gasteiger partial charge in [0.25, 0.3) is 0 Å². The van der Waals surface area contributed by atoms with Gasteiger partial charge < -0.3 is 14.6 Å². The van der Waals surface area contributed by atoms with Gasteiger partial charge >= 0.3 is 0 Å². The Morgan fingerprint density at radius 1 is 1.05 bits per heavy atom. The fraction of sp³-hybridized carbons (Fsp3) is 0.188. The third-order valence-corrected chi connectivity index (χ3v) is 3.13. The van der Waals surface area contributed by atoms with E-state index >= 15 is 0 Å². The maximum Gasteiger partial charge on any atom is 0.153 e. The first-order chi connectivity index (χ1) is 9.69. The molecule has 0 aliphatic heterocycles. The second-order valence-electron chi connectivity index (χ2n) is 4.33. The van der Waals surface area contributed by atoms with Crippen LogP contribution in [0.5, 0.6) is 17.2 Å². The van der Waals surface area contributed by atoms with Gasteiger partial charge in [0.2, 0.25) is 0 Å². The van der Waals surface area contributed by atoms with E-state index in [1.54, 1.807) is 13.2 Å². The highest BCUT2D eigenvalue weighted by Crippen LogP contribution is 2.31. The van der Waals surface area contributed by atoms with Crippen LogP contribution in [0.15, 0.2) is 36.4 Å². The predicted molar refractivity (Wildman–Crippen MR) is 75.8 cm³/mol. The van der Waals surface area contributed by atoms with E-state index in [-0.39, 0.29) is 11.3 Å². The molecule has 0 atom stereocenters. The zero-order valence-electron chi connectivity index (χ0n) is 11.4. The molecular formula is C16H16O4.